The molecular weight excluding hydrogens is 301 g/mol. The fourth-order valence-corrected chi connectivity index (χ4v) is 2.36. The van der Waals surface area contributed by atoms with Crippen LogP contribution in [0, 0.1) is 0 Å². The van der Waals surface area contributed by atoms with E-state index in [9.17, 15) is 18.3 Å². The lowest BCUT2D eigenvalue weighted by Crippen LogP contribution is -2.03. The van der Waals surface area contributed by atoms with Crippen molar-refractivity contribution in [2.24, 2.45) is 0 Å². The molecule has 4 heteroatoms. The second-order valence-corrected chi connectivity index (χ2v) is 5.20. The highest BCUT2D eigenvalue weighted by molar-refractivity contribution is 5.70. The molecule has 3 aromatic carbocycles. The third-order valence-electron chi connectivity index (χ3n) is 3.63. The van der Waals surface area contributed by atoms with Crippen LogP contribution in [0.2, 0.25) is 0 Å². The Labute approximate surface area is 131 Å². The SMILES string of the molecule is Oc1ccc(-c2ccc(-c3ccc(C(F)(F)F)cc3)cc2)cc1. The summed E-state index contributed by atoms with van der Waals surface area (Å²) in [5.41, 5.74) is 2.86. The van der Waals surface area contributed by atoms with Crippen molar-refractivity contribution in [1.29, 1.82) is 0 Å². The van der Waals surface area contributed by atoms with Gasteiger partial charge in [-0.2, -0.15) is 13.2 Å². The molecule has 0 unspecified atom stereocenters. The van der Waals surface area contributed by atoms with Crippen molar-refractivity contribution >= 4 is 0 Å². The molecule has 0 aliphatic carbocycles. The van der Waals surface area contributed by atoms with E-state index in [1.807, 2.05) is 36.4 Å². The van der Waals surface area contributed by atoms with Crippen LogP contribution < -0.4 is 0 Å². The summed E-state index contributed by atoms with van der Waals surface area (Å²) >= 11 is 0. The van der Waals surface area contributed by atoms with Crippen molar-refractivity contribution in [3.05, 3.63) is 78.4 Å². The van der Waals surface area contributed by atoms with Crippen LogP contribution in [0.5, 0.6) is 5.75 Å². The standard InChI is InChI=1S/C19H13F3O/c20-19(21,22)17-9-5-15(6-10-17)13-1-3-14(4-2-13)16-7-11-18(23)12-8-16/h1-12,23H. The molecule has 1 nitrogen and oxygen atoms in total. The maximum Gasteiger partial charge on any atom is 0.416 e. The molecule has 0 fully saturated rings. The van der Waals surface area contributed by atoms with Crippen LogP contribution in [0.3, 0.4) is 0 Å². The zero-order valence-corrected chi connectivity index (χ0v) is 12.0. The van der Waals surface area contributed by atoms with Crippen molar-refractivity contribution in [3.63, 3.8) is 0 Å². The van der Waals surface area contributed by atoms with E-state index in [4.69, 9.17) is 0 Å². The van der Waals surface area contributed by atoms with Gasteiger partial charge in [-0.15, -0.1) is 0 Å². The van der Waals surface area contributed by atoms with Gasteiger partial charge in [0.15, 0.2) is 0 Å². The minimum absolute atomic E-state index is 0.204. The maximum absolute atomic E-state index is 12.6. The third kappa shape index (κ3) is 3.37. The molecule has 0 amide bonds. The van der Waals surface area contributed by atoms with Crippen molar-refractivity contribution in [3.8, 4) is 28.0 Å². The average molecular weight is 314 g/mol. The quantitative estimate of drug-likeness (QED) is 0.639. The Morgan fingerprint density at radius 1 is 0.522 bits per heavy atom. The van der Waals surface area contributed by atoms with Gasteiger partial charge in [-0.1, -0.05) is 48.5 Å². The minimum atomic E-state index is -4.32. The molecule has 0 saturated carbocycles. The second-order valence-electron chi connectivity index (χ2n) is 5.20. The summed E-state index contributed by atoms with van der Waals surface area (Å²) in [7, 11) is 0. The fourth-order valence-electron chi connectivity index (χ4n) is 2.36. The molecule has 0 heterocycles. The molecular formula is C19H13F3O. The third-order valence-corrected chi connectivity index (χ3v) is 3.63. The molecule has 0 aromatic heterocycles. The van der Waals surface area contributed by atoms with Crippen LogP contribution in [0.4, 0.5) is 13.2 Å². The summed E-state index contributed by atoms with van der Waals surface area (Å²) in [6.45, 7) is 0. The summed E-state index contributed by atoms with van der Waals surface area (Å²) in [5.74, 6) is 0.204. The second kappa shape index (κ2) is 5.80. The fraction of sp³-hybridized carbons (Fsp3) is 0.0526. The van der Waals surface area contributed by atoms with Gasteiger partial charge >= 0.3 is 6.18 Å². The smallest absolute Gasteiger partial charge is 0.416 e. The monoisotopic (exact) mass is 314 g/mol. The number of alkyl halides is 3. The normalized spacial score (nSPS) is 11.4. The number of hydrogen-bond acceptors (Lipinski definition) is 1. The Bertz CT molecular complexity index is 786. The summed E-state index contributed by atoms with van der Waals surface area (Å²) in [6.07, 6.45) is -4.32. The van der Waals surface area contributed by atoms with E-state index >= 15 is 0 Å². The molecule has 0 spiro atoms. The lowest BCUT2D eigenvalue weighted by Gasteiger charge is -2.08. The van der Waals surface area contributed by atoms with Gasteiger partial charge in [-0.05, 0) is 46.5 Å². The lowest BCUT2D eigenvalue weighted by molar-refractivity contribution is -0.137. The van der Waals surface area contributed by atoms with Crippen molar-refractivity contribution < 1.29 is 18.3 Å². The Kier molecular flexibility index (Phi) is 3.82. The highest BCUT2D eigenvalue weighted by Crippen LogP contribution is 2.31. The highest BCUT2D eigenvalue weighted by atomic mass is 19.4. The van der Waals surface area contributed by atoms with E-state index in [-0.39, 0.29) is 5.75 Å². The average Bonchev–Trinajstić information content (AvgIpc) is 2.55. The van der Waals surface area contributed by atoms with Crippen LogP contribution in [-0.2, 0) is 6.18 Å². The first-order valence-corrected chi connectivity index (χ1v) is 7.00. The Morgan fingerprint density at radius 3 is 1.17 bits per heavy atom. The number of aromatic hydroxyl groups is 1. The zero-order chi connectivity index (χ0) is 16.4. The van der Waals surface area contributed by atoms with Crippen molar-refractivity contribution in [1.82, 2.24) is 0 Å². The van der Waals surface area contributed by atoms with Crippen LogP contribution in [-0.4, -0.2) is 5.11 Å². The summed E-state index contributed by atoms with van der Waals surface area (Å²) < 4.78 is 37.7. The number of phenols is 1. The topological polar surface area (TPSA) is 20.2 Å². The van der Waals surface area contributed by atoms with Gasteiger partial charge in [0.1, 0.15) is 5.75 Å². The summed E-state index contributed by atoms with van der Waals surface area (Å²) in [5, 5.41) is 9.30. The Hall–Kier alpha value is -2.75. The zero-order valence-electron chi connectivity index (χ0n) is 12.0. The molecule has 116 valence electrons. The van der Waals surface area contributed by atoms with Crippen molar-refractivity contribution in [2.45, 2.75) is 6.18 Å². The first-order valence-electron chi connectivity index (χ1n) is 7.00. The molecule has 0 saturated heterocycles. The molecule has 3 rings (SSSR count). The Balaban J connectivity index is 1.86. The molecule has 0 radical (unpaired) electrons. The molecule has 0 aliphatic heterocycles. The van der Waals surface area contributed by atoms with E-state index in [0.29, 0.717) is 0 Å². The van der Waals surface area contributed by atoms with Gasteiger partial charge in [0, 0.05) is 0 Å². The van der Waals surface area contributed by atoms with Crippen LogP contribution in [0.15, 0.2) is 72.8 Å². The first kappa shape index (κ1) is 15.2. The van der Waals surface area contributed by atoms with Crippen LogP contribution in [0.25, 0.3) is 22.3 Å². The predicted molar refractivity (Wildman–Crippen MR) is 84.0 cm³/mol. The summed E-state index contributed by atoms with van der Waals surface area (Å²) in [6, 6.07) is 19.5. The van der Waals surface area contributed by atoms with Gasteiger partial charge in [0.05, 0.1) is 5.56 Å². The van der Waals surface area contributed by atoms with E-state index in [1.54, 1.807) is 12.1 Å². The van der Waals surface area contributed by atoms with E-state index in [2.05, 4.69) is 0 Å². The van der Waals surface area contributed by atoms with Gasteiger partial charge in [0.25, 0.3) is 0 Å². The van der Waals surface area contributed by atoms with Crippen LogP contribution >= 0.6 is 0 Å². The Morgan fingerprint density at radius 2 is 0.826 bits per heavy atom. The largest absolute Gasteiger partial charge is 0.508 e. The number of benzene rings is 3. The number of hydrogen-bond donors (Lipinski definition) is 1. The first-order chi connectivity index (χ1) is 10.9. The van der Waals surface area contributed by atoms with E-state index in [0.717, 1.165) is 34.4 Å². The van der Waals surface area contributed by atoms with E-state index < -0.39 is 11.7 Å². The predicted octanol–water partition coefficient (Wildman–Crippen LogP) is 5.75. The van der Waals surface area contributed by atoms with Gasteiger partial charge in [0.2, 0.25) is 0 Å². The lowest BCUT2D eigenvalue weighted by atomic mass is 9.99. The van der Waals surface area contributed by atoms with Gasteiger partial charge in [-0.3, -0.25) is 0 Å². The van der Waals surface area contributed by atoms with E-state index in [1.165, 1.54) is 12.1 Å². The maximum atomic E-state index is 12.6. The minimum Gasteiger partial charge on any atom is -0.508 e. The summed E-state index contributed by atoms with van der Waals surface area (Å²) in [4.78, 5) is 0. The highest BCUT2D eigenvalue weighted by Gasteiger charge is 2.29. The molecule has 0 aliphatic rings. The van der Waals surface area contributed by atoms with Crippen molar-refractivity contribution in [2.75, 3.05) is 0 Å². The number of halogens is 3. The molecule has 1 N–H and O–H groups in total. The van der Waals surface area contributed by atoms with Gasteiger partial charge < -0.3 is 5.11 Å². The molecule has 23 heavy (non-hydrogen) atoms. The number of phenolic OH excluding ortho intramolecular Hbond substituents is 1. The van der Waals surface area contributed by atoms with Gasteiger partial charge in [-0.25, -0.2) is 0 Å². The molecule has 3 aromatic rings. The molecule has 0 bridgehead atoms. The molecule has 0 atom stereocenters. The number of rotatable bonds is 2. The van der Waals surface area contributed by atoms with Crippen LogP contribution in [0.1, 0.15) is 5.56 Å².